The van der Waals surface area contributed by atoms with Gasteiger partial charge in [-0.15, -0.1) is 0 Å². The number of nitrogens with zero attached hydrogens (tertiary/aromatic N) is 3. The van der Waals surface area contributed by atoms with Crippen LogP contribution >= 0.6 is 0 Å². The van der Waals surface area contributed by atoms with Crippen molar-refractivity contribution in [2.75, 3.05) is 5.32 Å². The van der Waals surface area contributed by atoms with Gasteiger partial charge in [0.2, 0.25) is 11.8 Å². The average molecular weight is 206 g/mol. The highest BCUT2D eigenvalue weighted by atomic mass is 16.2. The Bertz CT molecular complexity index is 537. The van der Waals surface area contributed by atoms with Gasteiger partial charge in [-0.25, -0.2) is 4.52 Å². The van der Waals surface area contributed by atoms with Crippen LogP contribution in [0.5, 0.6) is 0 Å². The fraction of sp³-hybridized carbons (Fsp3) is 0.222. The number of imidazole rings is 1. The molecule has 78 valence electrons. The molecule has 0 bridgehead atoms. The van der Waals surface area contributed by atoms with Crippen molar-refractivity contribution in [3.8, 4) is 0 Å². The number of amides is 1. The Labute approximate surface area is 85.5 Å². The maximum absolute atomic E-state index is 11.3. The highest BCUT2D eigenvalue weighted by Crippen LogP contribution is 2.16. The Balaban J connectivity index is 2.59. The lowest BCUT2D eigenvalue weighted by Gasteiger charge is -2.00. The average Bonchev–Trinajstić information content (AvgIpc) is 2.66. The summed E-state index contributed by atoms with van der Waals surface area (Å²) in [5, 5.41) is 6.62. The Hall–Kier alpha value is -2.11. The zero-order chi connectivity index (χ0) is 11.0. The van der Waals surface area contributed by atoms with Crippen LogP contribution in [0.3, 0.4) is 0 Å². The molecular formula is C9H10N4O2. The van der Waals surface area contributed by atoms with E-state index in [2.05, 4.69) is 10.4 Å². The molecule has 0 aromatic carbocycles. The summed E-state index contributed by atoms with van der Waals surface area (Å²) in [6.07, 6.45) is 4.77. The van der Waals surface area contributed by atoms with Crippen molar-refractivity contribution in [1.82, 2.24) is 14.2 Å². The number of anilines is 1. The second-order valence-corrected chi connectivity index (χ2v) is 3.19. The SMILES string of the molecule is CC(=O)Nc1cnn2ccn(C(C)=O)c12. The number of hydrogen-bond acceptors (Lipinski definition) is 3. The molecule has 0 aliphatic rings. The van der Waals surface area contributed by atoms with Crippen LogP contribution in [0.2, 0.25) is 0 Å². The van der Waals surface area contributed by atoms with Crippen LogP contribution in [0.15, 0.2) is 18.6 Å². The Kier molecular flexibility index (Phi) is 2.03. The van der Waals surface area contributed by atoms with E-state index in [1.54, 1.807) is 12.4 Å². The molecule has 2 rings (SSSR count). The summed E-state index contributed by atoms with van der Waals surface area (Å²) in [5.41, 5.74) is 1.10. The van der Waals surface area contributed by atoms with Gasteiger partial charge in [0, 0.05) is 26.2 Å². The van der Waals surface area contributed by atoms with Crippen molar-refractivity contribution in [3.05, 3.63) is 18.6 Å². The number of fused-ring (bicyclic) bond motifs is 1. The van der Waals surface area contributed by atoms with Gasteiger partial charge in [0.05, 0.1) is 6.20 Å². The van der Waals surface area contributed by atoms with Crippen LogP contribution in [0.1, 0.15) is 18.6 Å². The number of rotatable bonds is 1. The molecule has 0 fully saturated rings. The fourth-order valence-electron chi connectivity index (χ4n) is 1.44. The third-order valence-corrected chi connectivity index (χ3v) is 2.00. The summed E-state index contributed by atoms with van der Waals surface area (Å²) in [7, 11) is 0. The zero-order valence-electron chi connectivity index (χ0n) is 8.39. The quantitative estimate of drug-likeness (QED) is 0.748. The molecular weight excluding hydrogens is 196 g/mol. The maximum atomic E-state index is 11.3. The van der Waals surface area contributed by atoms with Crippen LogP contribution in [0.25, 0.3) is 5.65 Å². The number of carbonyl (C=O) groups excluding carboxylic acids is 2. The molecule has 1 N–H and O–H groups in total. The topological polar surface area (TPSA) is 68.4 Å². The Morgan fingerprint density at radius 3 is 2.67 bits per heavy atom. The largest absolute Gasteiger partial charge is 0.322 e. The number of nitrogens with one attached hydrogen (secondary N) is 1. The summed E-state index contributed by atoms with van der Waals surface area (Å²) >= 11 is 0. The van der Waals surface area contributed by atoms with Crippen LogP contribution in [-0.4, -0.2) is 26.0 Å². The van der Waals surface area contributed by atoms with Crippen LogP contribution < -0.4 is 5.32 Å². The monoisotopic (exact) mass is 206 g/mol. The highest BCUT2D eigenvalue weighted by Gasteiger charge is 2.12. The van der Waals surface area contributed by atoms with Gasteiger partial charge >= 0.3 is 0 Å². The first-order valence-corrected chi connectivity index (χ1v) is 4.43. The van der Waals surface area contributed by atoms with Crippen LogP contribution in [0.4, 0.5) is 5.69 Å². The number of carbonyl (C=O) groups is 2. The lowest BCUT2D eigenvalue weighted by atomic mass is 10.5. The fourth-order valence-corrected chi connectivity index (χ4v) is 1.44. The number of hydrogen-bond donors (Lipinski definition) is 1. The molecule has 6 heteroatoms. The minimum absolute atomic E-state index is 0.128. The molecule has 2 aromatic rings. The van der Waals surface area contributed by atoms with Crippen molar-refractivity contribution in [1.29, 1.82) is 0 Å². The van der Waals surface area contributed by atoms with Crippen LogP contribution in [0, 0.1) is 0 Å². The minimum Gasteiger partial charge on any atom is -0.322 e. The van der Waals surface area contributed by atoms with E-state index in [-0.39, 0.29) is 11.8 Å². The molecule has 0 saturated carbocycles. The lowest BCUT2D eigenvalue weighted by molar-refractivity contribution is -0.114. The molecule has 0 atom stereocenters. The first-order chi connectivity index (χ1) is 7.09. The van der Waals surface area contributed by atoms with E-state index < -0.39 is 0 Å². The Morgan fingerprint density at radius 1 is 1.33 bits per heavy atom. The maximum Gasteiger partial charge on any atom is 0.229 e. The highest BCUT2D eigenvalue weighted by molar-refractivity contribution is 5.95. The van der Waals surface area contributed by atoms with E-state index in [0.717, 1.165) is 0 Å². The van der Waals surface area contributed by atoms with E-state index in [1.165, 1.54) is 29.1 Å². The van der Waals surface area contributed by atoms with Gasteiger partial charge in [-0.2, -0.15) is 5.10 Å². The molecule has 2 aromatic heterocycles. The van der Waals surface area contributed by atoms with E-state index in [1.807, 2.05) is 0 Å². The predicted molar refractivity (Wildman–Crippen MR) is 53.8 cm³/mol. The molecule has 1 amide bonds. The molecule has 0 radical (unpaired) electrons. The third kappa shape index (κ3) is 1.50. The summed E-state index contributed by atoms with van der Waals surface area (Å²) < 4.78 is 2.96. The van der Waals surface area contributed by atoms with Crippen molar-refractivity contribution in [3.63, 3.8) is 0 Å². The lowest BCUT2D eigenvalue weighted by Crippen LogP contribution is -2.09. The van der Waals surface area contributed by atoms with Crippen molar-refractivity contribution < 1.29 is 9.59 Å². The predicted octanol–water partition coefficient (Wildman–Crippen LogP) is 0.754. The molecule has 2 heterocycles. The van der Waals surface area contributed by atoms with E-state index in [9.17, 15) is 9.59 Å². The Morgan fingerprint density at radius 2 is 2.07 bits per heavy atom. The second kappa shape index (κ2) is 3.23. The standard InChI is InChI=1S/C9H10N4O2/c1-6(14)11-8-5-10-13-4-3-12(7(2)15)9(8)13/h3-5H,1-2H3,(H,11,14). The van der Waals surface area contributed by atoms with Gasteiger partial charge in [-0.05, 0) is 0 Å². The van der Waals surface area contributed by atoms with Gasteiger partial charge in [-0.1, -0.05) is 0 Å². The summed E-state index contributed by atoms with van der Waals surface area (Å²) in [6.45, 7) is 2.86. The normalized spacial score (nSPS) is 10.5. The van der Waals surface area contributed by atoms with Crippen molar-refractivity contribution in [2.45, 2.75) is 13.8 Å². The molecule has 0 spiro atoms. The van der Waals surface area contributed by atoms with Gasteiger partial charge < -0.3 is 5.32 Å². The smallest absolute Gasteiger partial charge is 0.229 e. The summed E-state index contributed by atoms with van der Waals surface area (Å²) in [4.78, 5) is 22.2. The van der Waals surface area contributed by atoms with Gasteiger partial charge in [-0.3, -0.25) is 14.2 Å². The van der Waals surface area contributed by atoms with Gasteiger partial charge in [0.25, 0.3) is 0 Å². The van der Waals surface area contributed by atoms with E-state index >= 15 is 0 Å². The van der Waals surface area contributed by atoms with E-state index in [4.69, 9.17) is 0 Å². The van der Waals surface area contributed by atoms with Crippen molar-refractivity contribution >= 4 is 23.1 Å². The minimum atomic E-state index is -0.193. The third-order valence-electron chi connectivity index (χ3n) is 2.00. The zero-order valence-corrected chi connectivity index (χ0v) is 8.39. The second-order valence-electron chi connectivity index (χ2n) is 3.19. The molecule has 0 aliphatic carbocycles. The number of aromatic nitrogens is 3. The first-order valence-electron chi connectivity index (χ1n) is 4.43. The summed E-state index contributed by atoms with van der Waals surface area (Å²) in [5.74, 6) is -0.321. The van der Waals surface area contributed by atoms with Gasteiger partial charge in [0.1, 0.15) is 5.69 Å². The molecule has 0 unspecified atom stereocenters. The van der Waals surface area contributed by atoms with E-state index in [0.29, 0.717) is 11.3 Å². The summed E-state index contributed by atoms with van der Waals surface area (Å²) in [6, 6.07) is 0. The first kappa shape index (κ1) is 9.45. The van der Waals surface area contributed by atoms with Crippen molar-refractivity contribution in [2.24, 2.45) is 0 Å². The molecule has 6 nitrogen and oxygen atoms in total. The molecule has 0 aliphatic heterocycles. The van der Waals surface area contributed by atoms with Gasteiger partial charge in [0.15, 0.2) is 5.65 Å². The molecule has 15 heavy (non-hydrogen) atoms. The van der Waals surface area contributed by atoms with Crippen LogP contribution in [-0.2, 0) is 4.79 Å². The molecule has 0 saturated heterocycles.